The number of nitrogens with zero attached hydrogens (tertiary/aromatic N) is 1. The molecule has 1 saturated heterocycles. The monoisotopic (exact) mass is 432 g/mol. The van der Waals surface area contributed by atoms with Crippen molar-refractivity contribution in [1.82, 2.24) is 9.62 Å². The summed E-state index contributed by atoms with van der Waals surface area (Å²) in [4.78, 5) is 13.0. The number of ether oxygens (including phenoxy) is 2. The second kappa shape index (κ2) is 9.06. The number of carbonyl (C=O) groups is 1. The summed E-state index contributed by atoms with van der Waals surface area (Å²) in [5, 5.41) is 2.93. The maximum atomic E-state index is 13.0. The van der Waals surface area contributed by atoms with Gasteiger partial charge in [0.25, 0.3) is 5.91 Å². The predicted octanol–water partition coefficient (Wildman–Crippen LogP) is 3.29. The van der Waals surface area contributed by atoms with Crippen LogP contribution in [0.2, 0.25) is 0 Å². The van der Waals surface area contributed by atoms with E-state index >= 15 is 0 Å². The van der Waals surface area contributed by atoms with Crippen molar-refractivity contribution in [3.8, 4) is 11.5 Å². The van der Waals surface area contributed by atoms with E-state index < -0.39 is 10.0 Å². The Kier molecular flexibility index (Phi) is 6.67. The average molecular weight is 433 g/mol. The Hall–Kier alpha value is -2.58. The lowest BCUT2D eigenvalue weighted by Crippen LogP contribution is -2.30. The molecule has 0 bridgehead atoms. The Balaban J connectivity index is 1.82. The molecule has 1 heterocycles. The van der Waals surface area contributed by atoms with Crippen LogP contribution in [0.15, 0.2) is 41.3 Å². The van der Waals surface area contributed by atoms with Crippen LogP contribution in [0.5, 0.6) is 11.5 Å². The van der Waals surface area contributed by atoms with Crippen LogP contribution >= 0.6 is 0 Å². The molecule has 0 aromatic heterocycles. The molecule has 1 atom stereocenters. The number of hydrogen-bond acceptors (Lipinski definition) is 5. The van der Waals surface area contributed by atoms with Crippen molar-refractivity contribution in [2.75, 3.05) is 27.3 Å². The first kappa shape index (κ1) is 22.1. The maximum absolute atomic E-state index is 13.0. The van der Waals surface area contributed by atoms with Gasteiger partial charge in [-0.3, -0.25) is 4.79 Å². The van der Waals surface area contributed by atoms with E-state index in [9.17, 15) is 13.2 Å². The summed E-state index contributed by atoms with van der Waals surface area (Å²) in [6, 6.07) is 9.93. The number of benzene rings is 2. The quantitative estimate of drug-likeness (QED) is 0.726. The van der Waals surface area contributed by atoms with Crippen molar-refractivity contribution >= 4 is 15.9 Å². The fraction of sp³-hybridized carbons (Fsp3) is 0.409. The van der Waals surface area contributed by atoms with E-state index in [4.69, 9.17) is 9.47 Å². The highest BCUT2D eigenvalue weighted by Crippen LogP contribution is 2.30. The van der Waals surface area contributed by atoms with E-state index in [0.29, 0.717) is 35.7 Å². The third kappa shape index (κ3) is 4.44. The standard InChI is InChI=1S/C22H28N2O5S/c1-15-7-8-18(14-21(15)30(26,27)24-11-5-6-12-24)22(25)23-16(2)17-9-10-19(28-3)20(13-17)29-4/h7-10,13-14,16H,5-6,11-12H2,1-4H3,(H,23,25)/t16-/m0/s1. The van der Waals surface area contributed by atoms with Gasteiger partial charge >= 0.3 is 0 Å². The molecule has 2 aromatic carbocycles. The molecule has 1 amide bonds. The first-order valence-corrected chi connectivity index (χ1v) is 11.4. The van der Waals surface area contributed by atoms with Gasteiger partial charge in [0.2, 0.25) is 10.0 Å². The van der Waals surface area contributed by atoms with Crippen molar-refractivity contribution in [1.29, 1.82) is 0 Å². The molecule has 8 heteroatoms. The zero-order valence-corrected chi connectivity index (χ0v) is 18.6. The minimum absolute atomic E-state index is 0.191. The molecular formula is C22H28N2O5S. The largest absolute Gasteiger partial charge is 0.493 e. The highest BCUT2D eigenvalue weighted by molar-refractivity contribution is 7.89. The van der Waals surface area contributed by atoms with Crippen LogP contribution < -0.4 is 14.8 Å². The second-order valence-electron chi connectivity index (χ2n) is 7.40. The van der Waals surface area contributed by atoms with E-state index in [1.54, 1.807) is 39.3 Å². The van der Waals surface area contributed by atoms with Gasteiger partial charge in [0.1, 0.15) is 0 Å². The van der Waals surface area contributed by atoms with Crippen LogP contribution in [0.4, 0.5) is 0 Å². The first-order chi connectivity index (χ1) is 14.3. The Morgan fingerprint density at radius 3 is 2.33 bits per heavy atom. The molecule has 162 valence electrons. The smallest absolute Gasteiger partial charge is 0.251 e. The predicted molar refractivity (Wildman–Crippen MR) is 115 cm³/mol. The second-order valence-corrected chi connectivity index (χ2v) is 9.31. The lowest BCUT2D eigenvalue weighted by atomic mass is 10.1. The molecular weight excluding hydrogens is 404 g/mol. The average Bonchev–Trinajstić information content (AvgIpc) is 3.29. The molecule has 0 radical (unpaired) electrons. The number of rotatable bonds is 7. The SMILES string of the molecule is COc1ccc([C@H](C)NC(=O)c2ccc(C)c(S(=O)(=O)N3CCCC3)c2)cc1OC. The number of aryl methyl sites for hydroxylation is 1. The molecule has 1 N–H and O–H groups in total. The summed E-state index contributed by atoms with van der Waals surface area (Å²) in [5.41, 5.74) is 1.79. The highest BCUT2D eigenvalue weighted by Gasteiger charge is 2.29. The number of hydrogen-bond donors (Lipinski definition) is 1. The molecule has 0 unspecified atom stereocenters. The molecule has 0 spiro atoms. The van der Waals surface area contributed by atoms with Crippen LogP contribution in [-0.4, -0.2) is 45.9 Å². The van der Waals surface area contributed by atoms with Crippen molar-refractivity contribution in [3.63, 3.8) is 0 Å². The number of sulfonamides is 1. The van der Waals surface area contributed by atoms with Gasteiger partial charge in [-0.2, -0.15) is 4.31 Å². The fourth-order valence-electron chi connectivity index (χ4n) is 3.57. The van der Waals surface area contributed by atoms with Crippen molar-refractivity contribution in [2.45, 2.75) is 37.6 Å². The molecule has 0 aliphatic carbocycles. The van der Waals surface area contributed by atoms with Crippen molar-refractivity contribution in [2.24, 2.45) is 0 Å². The Labute approximate surface area is 178 Å². The van der Waals surface area contributed by atoms with Crippen LogP contribution in [0.1, 0.15) is 47.3 Å². The van der Waals surface area contributed by atoms with Gasteiger partial charge in [0, 0.05) is 18.7 Å². The van der Waals surface area contributed by atoms with Gasteiger partial charge in [-0.25, -0.2) is 8.42 Å². The Morgan fingerprint density at radius 1 is 1.03 bits per heavy atom. The van der Waals surface area contributed by atoms with E-state index in [2.05, 4.69) is 5.32 Å². The summed E-state index contributed by atoms with van der Waals surface area (Å²) in [6.45, 7) is 4.65. The van der Waals surface area contributed by atoms with E-state index in [1.807, 2.05) is 19.1 Å². The van der Waals surface area contributed by atoms with Crippen LogP contribution in [0.3, 0.4) is 0 Å². The topological polar surface area (TPSA) is 84.9 Å². The van der Waals surface area contributed by atoms with Crippen LogP contribution in [0.25, 0.3) is 0 Å². The molecule has 3 rings (SSSR count). The van der Waals surface area contributed by atoms with E-state index in [0.717, 1.165) is 18.4 Å². The number of methoxy groups -OCH3 is 2. The molecule has 1 aliphatic rings. The normalized spacial score (nSPS) is 15.6. The van der Waals surface area contributed by atoms with Crippen molar-refractivity contribution < 1.29 is 22.7 Å². The summed E-state index contributed by atoms with van der Waals surface area (Å²) >= 11 is 0. The molecule has 1 aliphatic heterocycles. The summed E-state index contributed by atoms with van der Waals surface area (Å²) in [5.74, 6) is 0.843. The minimum atomic E-state index is -3.60. The zero-order chi connectivity index (χ0) is 21.9. The van der Waals surface area contributed by atoms with Gasteiger partial charge in [-0.05, 0) is 62.1 Å². The van der Waals surface area contributed by atoms with Gasteiger partial charge in [-0.1, -0.05) is 12.1 Å². The lowest BCUT2D eigenvalue weighted by molar-refractivity contribution is 0.0939. The summed E-state index contributed by atoms with van der Waals surface area (Å²) < 4.78 is 38.0. The minimum Gasteiger partial charge on any atom is -0.493 e. The molecule has 7 nitrogen and oxygen atoms in total. The highest BCUT2D eigenvalue weighted by atomic mass is 32.2. The number of nitrogens with one attached hydrogen (secondary N) is 1. The van der Waals surface area contributed by atoms with Gasteiger partial charge in [0.05, 0.1) is 25.2 Å². The van der Waals surface area contributed by atoms with Crippen LogP contribution in [-0.2, 0) is 10.0 Å². The Morgan fingerprint density at radius 2 is 1.70 bits per heavy atom. The lowest BCUT2D eigenvalue weighted by Gasteiger charge is -2.19. The zero-order valence-electron chi connectivity index (χ0n) is 17.8. The summed E-state index contributed by atoms with van der Waals surface area (Å²) in [7, 11) is -0.481. The number of amides is 1. The fourth-order valence-corrected chi connectivity index (χ4v) is 5.34. The summed E-state index contributed by atoms with van der Waals surface area (Å²) in [6.07, 6.45) is 1.72. The third-order valence-electron chi connectivity index (χ3n) is 5.39. The van der Waals surface area contributed by atoms with Crippen LogP contribution in [0, 0.1) is 6.92 Å². The number of carbonyl (C=O) groups excluding carboxylic acids is 1. The maximum Gasteiger partial charge on any atom is 0.251 e. The van der Waals surface area contributed by atoms with E-state index in [1.165, 1.54) is 10.4 Å². The first-order valence-electron chi connectivity index (χ1n) is 9.91. The van der Waals surface area contributed by atoms with Crippen molar-refractivity contribution in [3.05, 3.63) is 53.1 Å². The van der Waals surface area contributed by atoms with Gasteiger partial charge in [0.15, 0.2) is 11.5 Å². The molecule has 1 fully saturated rings. The molecule has 0 saturated carbocycles. The van der Waals surface area contributed by atoms with Gasteiger partial charge < -0.3 is 14.8 Å². The Bertz CT molecular complexity index is 1030. The van der Waals surface area contributed by atoms with E-state index in [-0.39, 0.29) is 16.8 Å². The molecule has 2 aromatic rings. The third-order valence-corrected chi connectivity index (χ3v) is 7.43. The van der Waals surface area contributed by atoms with Gasteiger partial charge in [-0.15, -0.1) is 0 Å². The molecule has 30 heavy (non-hydrogen) atoms.